The highest BCUT2D eigenvalue weighted by atomic mass is 32.2. The second-order valence-electron chi connectivity index (χ2n) is 2.61. The maximum absolute atomic E-state index is 11.0. The van der Waals surface area contributed by atoms with Crippen molar-refractivity contribution in [2.24, 2.45) is 0 Å². The summed E-state index contributed by atoms with van der Waals surface area (Å²) in [5.74, 6) is -0.220. The van der Waals surface area contributed by atoms with E-state index in [1.54, 1.807) is 0 Å². The van der Waals surface area contributed by atoms with Crippen LogP contribution in [0.3, 0.4) is 0 Å². The summed E-state index contributed by atoms with van der Waals surface area (Å²) >= 11 is 0. The van der Waals surface area contributed by atoms with Crippen LogP contribution >= 0.6 is 0 Å². The van der Waals surface area contributed by atoms with Gasteiger partial charge in [-0.1, -0.05) is 0 Å². The van der Waals surface area contributed by atoms with Gasteiger partial charge in [0.1, 0.15) is 5.75 Å². The summed E-state index contributed by atoms with van der Waals surface area (Å²) in [7, 11) is -3.32. The van der Waals surface area contributed by atoms with Crippen molar-refractivity contribution in [2.75, 3.05) is 6.26 Å². The molecule has 0 fully saturated rings. The zero-order valence-corrected chi connectivity index (χ0v) is 7.71. The van der Waals surface area contributed by atoms with Gasteiger partial charge in [-0.3, -0.25) is 4.79 Å². The number of carbonyl (C=O) groups is 1. The number of hydrogen-bond acceptors (Lipinski definition) is 4. The predicted octanol–water partition coefficient (Wildman–Crippen LogP) is 0.608. The van der Waals surface area contributed by atoms with Gasteiger partial charge >= 0.3 is 0 Å². The van der Waals surface area contributed by atoms with Gasteiger partial charge in [-0.2, -0.15) is 0 Å². The maximum atomic E-state index is 11.0. The molecule has 0 aliphatic carbocycles. The van der Waals surface area contributed by atoms with Crippen LogP contribution in [0, 0.1) is 0 Å². The normalized spacial score (nSPS) is 11.2. The Morgan fingerprint density at radius 1 is 1.38 bits per heavy atom. The molecule has 5 heteroatoms. The van der Waals surface area contributed by atoms with E-state index in [9.17, 15) is 13.2 Å². The number of aldehydes is 1. The van der Waals surface area contributed by atoms with Crippen LogP contribution in [0.1, 0.15) is 10.4 Å². The van der Waals surface area contributed by atoms with Gasteiger partial charge < -0.3 is 5.11 Å². The Kier molecular flexibility index (Phi) is 2.38. The van der Waals surface area contributed by atoms with Crippen molar-refractivity contribution < 1.29 is 18.3 Å². The average Bonchev–Trinajstić information content (AvgIpc) is 2.03. The maximum Gasteiger partial charge on any atom is 0.175 e. The van der Waals surface area contributed by atoms with Crippen LogP contribution in [0.4, 0.5) is 0 Å². The minimum Gasteiger partial charge on any atom is -0.507 e. The molecule has 1 N–H and O–H groups in total. The van der Waals surface area contributed by atoms with Crippen LogP contribution in [-0.4, -0.2) is 26.1 Å². The van der Waals surface area contributed by atoms with Gasteiger partial charge in [-0.15, -0.1) is 0 Å². The van der Waals surface area contributed by atoms with Crippen LogP contribution < -0.4 is 0 Å². The summed E-state index contributed by atoms with van der Waals surface area (Å²) in [6, 6.07) is 3.56. The van der Waals surface area contributed by atoms with Crippen LogP contribution in [0.25, 0.3) is 0 Å². The first-order valence-corrected chi connectivity index (χ1v) is 5.32. The molecule has 0 atom stereocenters. The topological polar surface area (TPSA) is 71.4 Å². The summed E-state index contributed by atoms with van der Waals surface area (Å²) in [6.07, 6.45) is 1.44. The van der Waals surface area contributed by atoms with Crippen molar-refractivity contribution in [2.45, 2.75) is 4.90 Å². The number of aromatic hydroxyl groups is 1. The molecule has 13 heavy (non-hydrogen) atoms. The first-order valence-electron chi connectivity index (χ1n) is 3.43. The van der Waals surface area contributed by atoms with Crippen molar-refractivity contribution in [3.63, 3.8) is 0 Å². The molecule has 1 aromatic carbocycles. The van der Waals surface area contributed by atoms with Crippen molar-refractivity contribution >= 4 is 16.1 Å². The zero-order chi connectivity index (χ0) is 10.1. The molecule has 0 spiro atoms. The minimum atomic E-state index is -3.32. The average molecular weight is 200 g/mol. The Morgan fingerprint density at radius 3 is 2.46 bits per heavy atom. The molecular weight excluding hydrogens is 192 g/mol. The molecule has 4 nitrogen and oxygen atoms in total. The highest BCUT2D eigenvalue weighted by Crippen LogP contribution is 2.19. The number of phenols is 1. The van der Waals surface area contributed by atoms with E-state index in [0.29, 0.717) is 6.29 Å². The molecule has 70 valence electrons. The summed E-state index contributed by atoms with van der Waals surface area (Å²) in [5.41, 5.74) is -0.0251. The number of phenolic OH excluding ortho intramolecular Hbond substituents is 1. The number of sulfone groups is 1. The molecule has 0 radical (unpaired) electrons. The highest BCUT2D eigenvalue weighted by Gasteiger charge is 2.09. The van der Waals surface area contributed by atoms with Crippen LogP contribution in [0.15, 0.2) is 23.1 Å². The quantitative estimate of drug-likeness (QED) is 0.710. The van der Waals surface area contributed by atoms with Gasteiger partial charge in [0, 0.05) is 6.26 Å². The lowest BCUT2D eigenvalue weighted by Gasteiger charge is -2.00. The largest absolute Gasteiger partial charge is 0.507 e. The van der Waals surface area contributed by atoms with Crippen LogP contribution in [0.2, 0.25) is 0 Å². The SMILES string of the molecule is CS(=O)(=O)c1ccc(O)c(C=O)c1. The van der Waals surface area contributed by atoms with E-state index >= 15 is 0 Å². The van der Waals surface area contributed by atoms with E-state index in [2.05, 4.69) is 0 Å². The lowest BCUT2D eigenvalue weighted by Crippen LogP contribution is -1.97. The fourth-order valence-electron chi connectivity index (χ4n) is 0.858. The Bertz CT molecular complexity index is 433. The molecule has 0 unspecified atom stereocenters. The highest BCUT2D eigenvalue weighted by molar-refractivity contribution is 7.90. The second kappa shape index (κ2) is 3.18. The van der Waals surface area contributed by atoms with Gasteiger partial charge in [0.15, 0.2) is 16.1 Å². The van der Waals surface area contributed by atoms with Crippen LogP contribution in [-0.2, 0) is 9.84 Å². The minimum absolute atomic E-state index is 0.0207. The number of benzene rings is 1. The second-order valence-corrected chi connectivity index (χ2v) is 4.63. The lowest BCUT2D eigenvalue weighted by molar-refractivity contribution is 0.112. The standard InChI is InChI=1S/C8H8O4S/c1-13(11,12)7-2-3-8(10)6(4-7)5-9/h2-5,10H,1H3. The van der Waals surface area contributed by atoms with Gasteiger partial charge in [-0.25, -0.2) is 8.42 Å². The third kappa shape index (κ3) is 2.06. The summed E-state index contributed by atoms with van der Waals surface area (Å²) in [6.45, 7) is 0. The third-order valence-corrected chi connectivity index (χ3v) is 2.66. The number of hydrogen-bond donors (Lipinski definition) is 1. The summed E-state index contributed by atoms with van der Waals surface area (Å²) < 4.78 is 22.0. The van der Waals surface area contributed by atoms with Crippen LogP contribution in [0.5, 0.6) is 5.75 Å². The third-order valence-electron chi connectivity index (χ3n) is 1.55. The van der Waals surface area contributed by atoms with E-state index in [4.69, 9.17) is 5.11 Å². The van der Waals surface area contributed by atoms with Crippen molar-refractivity contribution in [3.05, 3.63) is 23.8 Å². The smallest absolute Gasteiger partial charge is 0.175 e. The van der Waals surface area contributed by atoms with E-state index in [1.807, 2.05) is 0 Å². The molecule has 0 saturated carbocycles. The van der Waals surface area contributed by atoms with Crippen molar-refractivity contribution in [1.82, 2.24) is 0 Å². The van der Waals surface area contributed by atoms with Gasteiger partial charge in [0.2, 0.25) is 0 Å². The number of rotatable bonds is 2. The van der Waals surface area contributed by atoms with E-state index in [-0.39, 0.29) is 16.2 Å². The zero-order valence-electron chi connectivity index (χ0n) is 6.89. The lowest BCUT2D eigenvalue weighted by atomic mass is 10.2. The molecule has 0 bridgehead atoms. The first-order chi connectivity index (χ1) is 5.95. The monoisotopic (exact) mass is 200 g/mol. The Balaban J connectivity index is 3.38. The Hall–Kier alpha value is -1.36. The summed E-state index contributed by atoms with van der Waals surface area (Å²) in [5, 5.41) is 9.07. The molecule has 0 saturated heterocycles. The van der Waals surface area contributed by atoms with Gasteiger partial charge in [0.05, 0.1) is 10.5 Å². The van der Waals surface area contributed by atoms with E-state index in [1.165, 1.54) is 12.1 Å². The molecule has 0 heterocycles. The first kappa shape index (κ1) is 9.73. The fraction of sp³-hybridized carbons (Fsp3) is 0.125. The molecule has 0 amide bonds. The van der Waals surface area contributed by atoms with Gasteiger partial charge in [-0.05, 0) is 18.2 Å². The van der Waals surface area contributed by atoms with E-state index < -0.39 is 9.84 Å². The summed E-state index contributed by atoms with van der Waals surface area (Å²) in [4.78, 5) is 10.4. The molecule has 1 aromatic rings. The van der Waals surface area contributed by atoms with E-state index in [0.717, 1.165) is 12.3 Å². The Morgan fingerprint density at radius 2 is 2.00 bits per heavy atom. The fourth-order valence-corrected chi connectivity index (χ4v) is 1.51. The molecule has 1 rings (SSSR count). The molecule has 0 aliphatic rings. The van der Waals surface area contributed by atoms with Crippen molar-refractivity contribution in [3.8, 4) is 5.75 Å². The predicted molar refractivity (Wildman–Crippen MR) is 46.6 cm³/mol. The van der Waals surface area contributed by atoms with Crippen molar-refractivity contribution in [1.29, 1.82) is 0 Å². The number of carbonyl (C=O) groups excluding carboxylic acids is 1. The molecular formula is C8H8O4S. The molecule has 0 aromatic heterocycles. The Labute approximate surface area is 75.7 Å². The van der Waals surface area contributed by atoms with Gasteiger partial charge in [0.25, 0.3) is 0 Å². The molecule has 0 aliphatic heterocycles.